The molecule has 106 valence electrons. The van der Waals surface area contributed by atoms with Crippen molar-refractivity contribution >= 4 is 44.1 Å². The Kier molecular flexibility index (Phi) is 4.79. The lowest BCUT2D eigenvalue weighted by atomic mass is 10.1. The second-order valence-electron chi connectivity index (χ2n) is 4.38. The van der Waals surface area contributed by atoms with Crippen LogP contribution in [-0.4, -0.2) is 24.0 Å². The lowest BCUT2D eigenvalue weighted by Crippen LogP contribution is -2.24. The first-order valence-corrected chi connectivity index (χ1v) is 7.25. The fourth-order valence-electron chi connectivity index (χ4n) is 1.96. The number of fused-ring (bicyclic) bond motifs is 1. The fraction of sp³-hybridized carbons (Fsp3) is 0.286. The molecule has 6 heteroatoms. The molecule has 0 saturated heterocycles. The van der Waals surface area contributed by atoms with E-state index in [0.29, 0.717) is 25.2 Å². The maximum atomic E-state index is 11.4. The number of hydrogen-bond acceptors (Lipinski definition) is 4. The minimum atomic E-state index is 0.0260. The summed E-state index contributed by atoms with van der Waals surface area (Å²) in [6.45, 7) is 3.07. The van der Waals surface area contributed by atoms with Crippen LogP contribution < -0.4 is 16.4 Å². The third-order valence-electron chi connectivity index (χ3n) is 2.89. The number of benzene rings is 1. The second-order valence-corrected chi connectivity index (χ2v) is 5.30. The van der Waals surface area contributed by atoms with Gasteiger partial charge in [-0.25, -0.2) is 0 Å². The van der Waals surface area contributed by atoms with Gasteiger partial charge in [0.25, 0.3) is 0 Å². The van der Waals surface area contributed by atoms with Crippen molar-refractivity contribution in [1.29, 1.82) is 0 Å². The van der Waals surface area contributed by atoms with Crippen LogP contribution in [-0.2, 0) is 4.79 Å². The Balaban J connectivity index is 2.18. The maximum absolute atomic E-state index is 11.4. The Bertz CT molecular complexity index is 625. The van der Waals surface area contributed by atoms with Crippen LogP contribution in [0, 0.1) is 0 Å². The third-order valence-corrected chi connectivity index (χ3v) is 3.38. The summed E-state index contributed by atoms with van der Waals surface area (Å²) in [4.78, 5) is 15.7. The van der Waals surface area contributed by atoms with Crippen LogP contribution in [0.4, 0.5) is 11.4 Å². The Labute approximate surface area is 126 Å². The monoisotopic (exact) mass is 336 g/mol. The van der Waals surface area contributed by atoms with E-state index in [1.807, 2.05) is 25.1 Å². The normalized spacial score (nSPS) is 10.5. The van der Waals surface area contributed by atoms with Crippen molar-refractivity contribution in [2.75, 3.05) is 24.1 Å². The summed E-state index contributed by atoms with van der Waals surface area (Å²) in [6.07, 6.45) is 2.04. The van der Waals surface area contributed by atoms with Crippen LogP contribution in [0.25, 0.3) is 10.9 Å². The van der Waals surface area contributed by atoms with Gasteiger partial charge in [-0.1, -0.05) is 15.9 Å². The molecule has 0 aliphatic carbocycles. The smallest absolute Gasteiger partial charge is 0.221 e. The molecule has 1 amide bonds. The number of nitrogens with one attached hydrogen (secondary N) is 2. The van der Waals surface area contributed by atoms with Crippen LogP contribution in [0.2, 0.25) is 0 Å². The van der Waals surface area contributed by atoms with Gasteiger partial charge in [0.2, 0.25) is 5.91 Å². The zero-order valence-corrected chi connectivity index (χ0v) is 12.8. The summed E-state index contributed by atoms with van der Waals surface area (Å²) in [5.74, 6) is 0.0260. The van der Waals surface area contributed by atoms with Crippen molar-refractivity contribution in [2.24, 2.45) is 0 Å². The molecule has 5 nitrogen and oxygen atoms in total. The number of aromatic nitrogens is 1. The van der Waals surface area contributed by atoms with E-state index in [1.165, 1.54) is 0 Å². The fourth-order valence-corrected chi connectivity index (χ4v) is 2.33. The van der Waals surface area contributed by atoms with Crippen molar-refractivity contribution in [3.8, 4) is 0 Å². The number of hydrogen-bond donors (Lipinski definition) is 3. The molecule has 0 radical (unpaired) electrons. The van der Waals surface area contributed by atoms with Crippen molar-refractivity contribution in [1.82, 2.24) is 10.3 Å². The lowest BCUT2D eigenvalue weighted by Gasteiger charge is -2.12. The molecule has 0 unspecified atom stereocenters. The van der Waals surface area contributed by atoms with Crippen LogP contribution >= 0.6 is 15.9 Å². The molecule has 1 heterocycles. The van der Waals surface area contributed by atoms with E-state index >= 15 is 0 Å². The van der Waals surface area contributed by atoms with Gasteiger partial charge in [-0.2, -0.15) is 0 Å². The third kappa shape index (κ3) is 3.39. The number of carbonyl (C=O) groups is 1. The van der Waals surface area contributed by atoms with Gasteiger partial charge >= 0.3 is 0 Å². The average molecular weight is 337 g/mol. The molecule has 0 spiro atoms. The number of carbonyl (C=O) groups excluding carboxylic acids is 1. The van der Waals surface area contributed by atoms with E-state index in [9.17, 15) is 4.79 Å². The molecule has 0 bridgehead atoms. The van der Waals surface area contributed by atoms with Gasteiger partial charge in [-0.05, 0) is 25.1 Å². The van der Waals surface area contributed by atoms with E-state index in [2.05, 4.69) is 31.5 Å². The van der Waals surface area contributed by atoms with Gasteiger partial charge in [-0.15, -0.1) is 0 Å². The predicted octanol–water partition coefficient (Wildman–Crippen LogP) is 2.52. The number of anilines is 2. The largest absolute Gasteiger partial charge is 0.396 e. The van der Waals surface area contributed by atoms with Gasteiger partial charge in [0, 0.05) is 29.4 Å². The highest BCUT2D eigenvalue weighted by Gasteiger charge is 2.07. The highest BCUT2D eigenvalue weighted by molar-refractivity contribution is 9.10. The van der Waals surface area contributed by atoms with E-state index in [0.717, 1.165) is 21.1 Å². The molecule has 2 rings (SSSR count). The Morgan fingerprint density at radius 2 is 2.25 bits per heavy atom. The minimum absolute atomic E-state index is 0.0260. The number of nitrogens with two attached hydrogens (primary N) is 1. The molecule has 0 atom stereocenters. The Hall–Kier alpha value is -1.82. The van der Waals surface area contributed by atoms with E-state index < -0.39 is 0 Å². The number of nitrogen functional groups attached to an aromatic ring is 1. The maximum Gasteiger partial charge on any atom is 0.221 e. The molecule has 0 saturated carbocycles. The molecular weight excluding hydrogens is 320 g/mol. The molecule has 4 N–H and O–H groups in total. The summed E-state index contributed by atoms with van der Waals surface area (Å²) in [6, 6.07) is 5.82. The van der Waals surface area contributed by atoms with Crippen molar-refractivity contribution in [2.45, 2.75) is 13.3 Å². The van der Waals surface area contributed by atoms with Crippen molar-refractivity contribution < 1.29 is 4.79 Å². The average Bonchev–Trinajstić information content (AvgIpc) is 2.41. The minimum Gasteiger partial charge on any atom is -0.396 e. The number of rotatable bonds is 5. The summed E-state index contributed by atoms with van der Waals surface area (Å²) in [7, 11) is 0. The van der Waals surface area contributed by atoms with Crippen LogP contribution in [0.1, 0.15) is 13.3 Å². The first-order valence-electron chi connectivity index (χ1n) is 6.46. The molecule has 0 fully saturated rings. The standard InChI is InChI=1S/C14H17BrN4O/c1-2-17-13(20)5-6-18-14-10-7-9(15)3-4-12(10)19-8-11(14)16/h3-4,7-8H,2,5-6,16H2,1H3,(H,17,20)(H,18,19). The number of nitrogens with zero attached hydrogens (tertiary/aromatic N) is 1. The van der Waals surface area contributed by atoms with Crippen molar-refractivity contribution in [3.05, 3.63) is 28.9 Å². The van der Waals surface area contributed by atoms with Crippen molar-refractivity contribution in [3.63, 3.8) is 0 Å². The quantitative estimate of drug-likeness (QED) is 0.783. The van der Waals surface area contributed by atoms with Gasteiger partial charge in [0.05, 0.1) is 23.1 Å². The van der Waals surface area contributed by atoms with Crippen LogP contribution in [0.5, 0.6) is 0 Å². The van der Waals surface area contributed by atoms with Gasteiger partial charge in [-0.3, -0.25) is 9.78 Å². The van der Waals surface area contributed by atoms with Gasteiger partial charge in [0.15, 0.2) is 0 Å². The predicted molar refractivity (Wildman–Crippen MR) is 85.6 cm³/mol. The molecule has 1 aromatic carbocycles. The van der Waals surface area contributed by atoms with Gasteiger partial charge < -0.3 is 16.4 Å². The van der Waals surface area contributed by atoms with E-state index in [-0.39, 0.29) is 5.91 Å². The highest BCUT2D eigenvalue weighted by Crippen LogP contribution is 2.29. The summed E-state index contributed by atoms with van der Waals surface area (Å²) in [5, 5.41) is 6.93. The SMILES string of the molecule is CCNC(=O)CCNc1c(N)cnc2ccc(Br)cc12. The number of pyridine rings is 1. The Morgan fingerprint density at radius 3 is 3.00 bits per heavy atom. The molecular formula is C14H17BrN4O. The summed E-state index contributed by atoms with van der Waals surface area (Å²) < 4.78 is 0.962. The molecule has 0 aliphatic rings. The molecule has 20 heavy (non-hydrogen) atoms. The number of halogens is 1. The highest BCUT2D eigenvalue weighted by atomic mass is 79.9. The van der Waals surface area contributed by atoms with E-state index in [1.54, 1.807) is 6.20 Å². The topological polar surface area (TPSA) is 80.0 Å². The molecule has 2 aromatic rings. The molecule has 1 aromatic heterocycles. The first kappa shape index (κ1) is 14.6. The molecule has 0 aliphatic heterocycles. The van der Waals surface area contributed by atoms with E-state index in [4.69, 9.17) is 5.73 Å². The van der Waals surface area contributed by atoms with Crippen LogP contribution in [0.15, 0.2) is 28.9 Å². The Morgan fingerprint density at radius 1 is 1.45 bits per heavy atom. The first-order chi connectivity index (χ1) is 9.61. The zero-order valence-electron chi connectivity index (χ0n) is 11.2. The van der Waals surface area contributed by atoms with Crippen LogP contribution in [0.3, 0.4) is 0 Å². The second kappa shape index (κ2) is 6.56. The van der Waals surface area contributed by atoms with Gasteiger partial charge in [0.1, 0.15) is 0 Å². The summed E-state index contributed by atoms with van der Waals surface area (Å²) in [5.41, 5.74) is 8.23. The zero-order chi connectivity index (χ0) is 14.5. The lowest BCUT2D eigenvalue weighted by molar-refractivity contribution is -0.120. The summed E-state index contributed by atoms with van der Waals surface area (Å²) >= 11 is 3.44. The number of amides is 1.